The number of aliphatic hydroxyl groups is 1. The highest BCUT2D eigenvalue weighted by Gasteiger charge is 2.25. The Labute approximate surface area is 135 Å². The van der Waals surface area contributed by atoms with Crippen molar-refractivity contribution in [1.82, 2.24) is 15.1 Å². The molecule has 0 aliphatic heterocycles. The number of ether oxygens (including phenoxy) is 1. The fourth-order valence-electron chi connectivity index (χ4n) is 2.31. The predicted molar refractivity (Wildman–Crippen MR) is 87.2 cm³/mol. The van der Waals surface area contributed by atoms with Crippen LogP contribution >= 0.6 is 11.6 Å². The first-order valence-corrected chi connectivity index (χ1v) is 7.49. The van der Waals surface area contributed by atoms with Crippen LogP contribution in [0.4, 0.5) is 0 Å². The Bertz CT molecular complexity index is 640. The molecule has 2 atom stereocenters. The van der Waals surface area contributed by atoms with Gasteiger partial charge in [0.15, 0.2) is 0 Å². The average Bonchev–Trinajstić information content (AvgIpc) is 2.92. The second kappa shape index (κ2) is 6.69. The van der Waals surface area contributed by atoms with Gasteiger partial charge >= 0.3 is 0 Å². The molecule has 0 aliphatic rings. The summed E-state index contributed by atoms with van der Waals surface area (Å²) in [4.78, 5) is 0. The summed E-state index contributed by atoms with van der Waals surface area (Å²) >= 11 is 6.06. The van der Waals surface area contributed by atoms with E-state index >= 15 is 0 Å². The van der Waals surface area contributed by atoms with E-state index in [9.17, 15) is 5.11 Å². The number of aromatic nitrogens is 2. The number of hydrogen-bond acceptors (Lipinski definition) is 4. The Morgan fingerprint density at radius 1 is 1.50 bits per heavy atom. The summed E-state index contributed by atoms with van der Waals surface area (Å²) in [5.41, 5.74) is 0.721. The van der Waals surface area contributed by atoms with E-state index in [4.69, 9.17) is 16.3 Å². The van der Waals surface area contributed by atoms with Crippen LogP contribution in [0.2, 0.25) is 5.02 Å². The summed E-state index contributed by atoms with van der Waals surface area (Å²) in [6, 6.07) is 5.49. The maximum atomic E-state index is 10.6. The first kappa shape index (κ1) is 16.8. The molecule has 0 saturated heterocycles. The number of rotatable bonds is 6. The molecule has 120 valence electrons. The second-order valence-electron chi connectivity index (χ2n) is 5.67. The van der Waals surface area contributed by atoms with Gasteiger partial charge in [-0.15, -0.1) is 0 Å². The van der Waals surface area contributed by atoms with Crippen LogP contribution in [0.25, 0.3) is 0 Å². The molecule has 1 heterocycles. The van der Waals surface area contributed by atoms with E-state index in [1.54, 1.807) is 31.0 Å². The molecule has 5 nitrogen and oxygen atoms in total. The van der Waals surface area contributed by atoms with Crippen molar-refractivity contribution in [1.29, 1.82) is 0 Å². The maximum Gasteiger partial charge on any atom is 0.123 e. The van der Waals surface area contributed by atoms with Crippen LogP contribution in [0.1, 0.15) is 31.0 Å². The van der Waals surface area contributed by atoms with Crippen molar-refractivity contribution >= 4 is 11.6 Å². The molecular weight excluding hydrogens is 302 g/mol. The maximum absolute atomic E-state index is 10.6. The molecule has 6 heteroatoms. The zero-order valence-corrected chi connectivity index (χ0v) is 14.1. The molecule has 0 spiro atoms. The van der Waals surface area contributed by atoms with E-state index in [0.29, 0.717) is 11.6 Å². The van der Waals surface area contributed by atoms with Crippen LogP contribution < -0.4 is 10.1 Å². The van der Waals surface area contributed by atoms with Gasteiger partial charge in [-0.25, -0.2) is 0 Å². The van der Waals surface area contributed by atoms with Crippen molar-refractivity contribution in [2.45, 2.75) is 25.5 Å². The SMILES string of the molecule is COc1ccc(Cl)cc1[C@@H](C)NC[C@@](C)(O)c1cnn(C)c1. The van der Waals surface area contributed by atoms with Crippen molar-refractivity contribution in [3.63, 3.8) is 0 Å². The van der Waals surface area contributed by atoms with Crippen molar-refractivity contribution in [3.05, 3.63) is 46.7 Å². The standard InChI is InChI=1S/C16H22ClN3O2/c1-11(14-7-13(17)5-6-15(14)22-4)18-10-16(2,21)12-8-19-20(3)9-12/h5-9,11,18,21H,10H2,1-4H3/t11-,16-/m1/s1. The molecule has 1 aromatic heterocycles. The number of hydrogen-bond donors (Lipinski definition) is 2. The molecule has 2 rings (SSSR count). The number of nitrogens with one attached hydrogen (secondary N) is 1. The molecule has 2 aromatic rings. The van der Waals surface area contributed by atoms with Crippen LogP contribution in [0.15, 0.2) is 30.6 Å². The van der Waals surface area contributed by atoms with Crippen LogP contribution in [0.5, 0.6) is 5.75 Å². The molecule has 0 aliphatic carbocycles. The number of methoxy groups -OCH3 is 1. The van der Waals surface area contributed by atoms with Gasteiger partial charge in [0.05, 0.1) is 13.3 Å². The first-order chi connectivity index (χ1) is 10.3. The highest BCUT2D eigenvalue weighted by atomic mass is 35.5. The number of halogens is 1. The normalized spacial score (nSPS) is 15.4. The molecule has 0 fully saturated rings. The average molecular weight is 324 g/mol. The van der Waals surface area contributed by atoms with Gasteiger partial charge in [0.2, 0.25) is 0 Å². The lowest BCUT2D eigenvalue weighted by Gasteiger charge is -2.26. The Balaban J connectivity index is 2.09. The van der Waals surface area contributed by atoms with Gasteiger partial charge in [0.25, 0.3) is 0 Å². The largest absolute Gasteiger partial charge is 0.496 e. The van der Waals surface area contributed by atoms with Gasteiger partial charge in [-0.05, 0) is 32.0 Å². The van der Waals surface area contributed by atoms with Crippen LogP contribution in [-0.4, -0.2) is 28.5 Å². The summed E-state index contributed by atoms with van der Waals surface area (Å²) in [5, 5.41) is 18.7. The molecule has 22 heavy (non-hydrogen) atoms. The summed E-state index contributed by atoms with van der Waals surface area (Å²) in [5.74, 6) is 0.769. The first-order valence-electron chi connectivity index (χ1n) is 7.12. The fraction of sp³-hybridized carbons (Fsp3) is 0.438. The van der Waals surface area contributed by atoms with E-state index < -0.39 is 5.60 Å². The topological polar surface area (TPSA) is 59.3 Å². The highest BCUT2D eigenvalue weighted by Crippen LogP contribution is 2.29. The molecule has 0 bridgehead atoms. The highest BCUT2D eigenvalue weighted by molar-refractivity contribution is 6.30. The predicted octanol–water partition coefficient (Wildman–Crippen LogP) is 2.64. The van der Waals surface area contributed by atoms with Gasteiger partial charge in [-0.3, -0.25) is 4.68 Å². The minimum absolute atomic E-state index is 0.0169. The van der Waals surface area contributed by atoms with Crippen molar-refractivity contribution in [2.75, 3.05) is 13.7 Å². The molecule has 0 unspecified atom stereocenters. The number of nitrogens with zero attached hydrogens (tertiary/aromatic N) is 2. The van der Waals surface area contributed by atoms with Crippen LogP contribution in [0, 0.1) is 0 Å². The Morgan fingerprint density at radius 3 is 2.82 bits per heavy atom. The monoisotopic (exact) mass is 323 g/mol. The minimum Gasteiger partial charge on any atom is -0.496 e. The van der Waals surface area contributed by atoms with Gasteiger partial charge in [0, 0.05) is 42.0 Å². The van der Waals surface area contributed by atoms with E-state index in [2.05, 4.69) is 10.4 Å². The molecule has 2 N–H and O–H groups in total. The quantitative estimate of drug-likeness (QED) is 0.858. The van der Waals surface area contributed by atoms with E-state index in [0.717, 1.165) is 16.9 Å². The van der Waals surface area contributed by atoms with Gasteiger partial charge in [-0.1, -0.05) is 11.6 Å². The lowest BCUT2D eigenvalue weighted by molar-refractivity contribution is 0.0542. The lowest BCUT2D eigenvalue weighted by Crippen LogP contribution is -2.36. The molecular formula is C16H22ClN3O2. The molecule has 1 aromatic carbocycles. The van der Waals surface area contributed by atoms with Gasteiger partial charge in [0.1, 0.15) is 11.4 Å². The van der Waals surface area contributed by atoms with Crippen molar-refractivity contribution in [3.8, 4) is 5.75 Å². The van der Waals surface area contributed by atoms with Crippen LogP contribution in [-0.2, 0) is 12.6 Å². The second-order valence-corrected chi connectivity index (χ2v) is 6.10. The van der Waals surface area contributed by atoms with Crippen molar-refractivity contribution < 1.29 is 9.84 Å². The number of aryl methyl sites for hydroxylation is 1. The Hall–Kier alpha value is -1.56. The third-order valence-electron chi connectivity index (χ3n) is 3.74. The third-order valence-corrected chi connectivity index (χ3v) is 3.97. The van der Waals surface area contributed by atoms with Gasteiger partial charge in [-0.2, -0.15) is 5.10 Å². The summed E-state index contributed by atoms with van der Waals surface area (Å²) < 4.78 is 7.04. The van der Waals surface area contributed by atoms with Gasteiger partial charge < -0.3 is 15.2 Å². The Kier molecular flexibility index (Phi) is 5.11. The summed E-state index contributed by atoms with van der Waals surface area (Å²) in [6.45, 7) is 4.15. The van der Waals surface area contributed by atoms with E-state index in [1.807, 2.05) is 32.3 Å². The van der Waals surface area contributed by atoms with E-state index in [1.165, 1.54) is 0 Å². The minimum atomic E-state index is -1.01. The van der Waals surface area contributed by atoms with Crippen molar-refractivity contribution in [2.24, 2.45) is 7.05 Å². The summed E-state index contributed by atoms with van der Waals surface area (Å²) in [6.07, 6.45) is 3.48. The smallest absolute Gasteiger partial charge is 0.123 e. The number of benzene rings is 1. The van der Waals surface area contributed by atoms with E-state index in [-0.39, 0.29) is 6.04 Å². The molecule has 0 saturated carbocycles. The van der Waals surface area contributed by atoms with Crippen LogP contribution in [0.3, 0.4) is 0 Å². The fourth-order valence-corrected chi connectivity index (χ4v) is 2.49. The molecule has 0 radical (unpaired) electrons. The Morgan fingerprint density at radius 2 is 2.23 bits per heavy atom. The lowest BCUT2D eigenvalue weighted by atomic mass is 9.98. The zero-order chi connectivity index (χ0) is 16.3. The summed E-state index contributed by atoms with van der Waals surface area (Å²) in [7, 11) is 3.46. The zero-order valence-electron chi connectivity index (χ0n) is 13.3. The molecule has 0 amide bonds. The third kappa shape index (κ3) is 3.80.